The molecule has 2 aliphatic rings. The van der Waals surface area contributed by atoms with E-state index in [-0.39, 0.29) is 0 Å². The number of phenols is 1. The van der Waals surface area contributed by atoms with Crippen molar-refractivity contribution in [1.82, 2.24) is 4.90 Å². The van der Waals surface area contributed by atoms with Crippen LogP contribution in [0.25, 0.3) is 11.1 Å². The van der Waals surface area contributed by atoms with Crippen LogP contribution in [0.3, 0.4) is 0 Å². The van der Waals surface area contributed by atoms with Crippen LogP contribution < -0.4 is 4.74 Å². The number of hydrogen-bond donors (Lipinski definition) is 1. The summed E-state index contributed by atoms with van der Waals surface area (Å²) in [6, 6.07) is 33.4. The number of benzene rings is 4. The average molecular weight is 462 g/mol. The second kappa shape index (κ2) is 9.24. The number of ether oxygens (including phenoxy) is 1. The molecule has 3 nitrogen and oxygen atoms in total. The number of fused-ring (bicyclic) bond motifs is 3. The van der Waals surface area contributed by atoms with Gasteiger partial charge in [0, 0.05) is 12.1 Å². The molecule has 35 heavy (non-hydrogen) atoms. The van der Waals surface area contributed by atoms with E-state index in [0.29, 0.717) is 12.4 Å². The SMILES string of the molecule is Oc1ccccc1C1(c2ccc(OCCN3CCCCC3)cc2)c2ccccc2-c2ccccc21. The molecule has 1 saturated heterocycles. The largest absolute Gasteiger partial charge is 0.508 e. The molecule has 0 atom stereocenters. The lowest BCUT2D eigenvalue weighted by Crippen LogP contribution is -2.33. The highest BCUT2D eigenvalue weighted by atomic mass is 16.5. The summed E-state index contributed by atoms with van der Waals surface area (Å²) in [6.07, 6.45) is 3.95. The summed E-state index contributed by atoms with van der Waals surface area (Å²) in [5.74, 6) is 1.19. The number of rotatable bonds is 6. The van der Waals surface area contributed by atoms with Gasteiger partial charge in [0.2, 0.25) is 0 Å². The van der Waals surface area contributed by atoms with E-state index >= 15 is 0 Å². The van der Waals surface area contributed by atoms with Gasteiger partial charge in [-0.2, -0.15) is 0 Å². The van der Waals surface area contributed by atoms with Crippen LogP contribution in [0.5, 0.6) is 11.5 Å². The van der Waals surface area contributed by atoms with E-state index in [4.69, 9.17) is 4.74 Å². The Morgan fingerprint density at radius 2 is 1.23 bits per heavy atom. The lowest BCUT2D eigenvalue weighted by atomic mass is 9.67. The highest BCUT2D eigenvalue weighted by molar-refractivity contribution is 5.86. The normalized spacial score (nSPS) is 16.5. The first-order valence-corrected chi connectivity index (χ1v) is 12.7. The topological polar surface area (TPSA) is 32.7 Å². The molecule has 1 aliphatic heterocycles. The summed E-state index contributed by atoms with van der Waals surface area (Å²) in [7, 11) is 0. The van der Waals surface area contributed by atoms with Crippen molar-refractivity contribution in [3.63, 3.8) is 0 Å². The maximum absolute atomic E-state index is 11.1. The molecule has 1 heterocycles. The van der Waals surface area contributed by atoms with E-state index < -0.39 is 5.41 Å². The number of piperidine rings is 1. The Labute approximate surface area is 207 Å². The van der Waals surface area contributed by atoms with Gasteiger partial charge in [0.05, 0.1) is 5.41 Å². The average Bonchev–Trinajstić information content (AvgIpc) is 3.21. The van der Waals surface area contributed by atoms with Crippen LogP contribution >= 0.6 is 0 Å². The minimum absolute atomic E-state index is 0.306. The zero-order chi connectivity index (χ0) is 23.7. The van der Waals surface area contributed by atoms with Crippen LogP contribution in [0, 0.1) is 0 Å². The number of nitrogens with zero attached hydrogens (tertiary/aromatic N) is 1. The molecular weight excluding hydrogens is 430 g/mol. The number of likely N-dealkylation sites (tertiary alicyclic amines) is 1. The highest BCUT2D eigenvalue weighted by Crippen LogP contribution is 2.57. The fourth-order valence-electron chi connectivity index (χ4n) is 6.06. The molecule has 1 N–H and O–H groups in total. The molecule has 0 amide bonds. The first kappa shape index (κ1) is 21.9. The third-order valence-corrected chi connectivity index (χ3v) is 7.67. The molecule has 0 radical (unpaired) electrons. The van der Waals surface area contributed by atoms with Crippen LogP contribution in [0.4, 0.5) is 0 Å². The van der Waals surface area contributed by atoms with E-state index in [1.807, 2.05) is 12.1 Å². The van der Waals surface area contributed by atoms with Gasteiger partial charge in [-0.05, 0) is 71.9 Å². The molecule has 0 aromatic heterocycles. The minimum atomic E-state index is -0.592. The second-order valence-corrected chi connectivity index (χ2v) is 9.63. The second-order valence-electron chi connectivity index (χ2n) is 9.63. The van der Waals surface area contributed by atoms with Crippen LogP contribution in [0.2, 0.25) is 0 Å². The van der Waals surface area contributed by atoms with Gasteiger partial charge in [-0.1, -0.05) is 85.3 Å². The van der Waals surface area contributed by atoms with E-state index in [9.17, 15) is 5.11 Å². The van der Waals surface area contributed by atoms with Gasteiger partial charge in [0.1, 0.15) is 18.1 Å². The molecule has 1 aliphatic carbocycles. The molecule has 3 heteroatoms. The van der Waals surface area contributed by atoms with Crippen molar-refractivity contribution in [3.05, 3.63) is 119 Å². The summed E-state index contributed by atoms with van der Waals surface area (Å²) in [4.78, 5) is 2.50. The third kappa shape index (κ3) is 3.71. The molecule has 4 aromatic carbocycles. The van der Waals surface area contributed by atoms with Crippen molar-refractivity contribution in [2.24, 2.45) is 0 Å². The maximum atomic E-state index is 11.1. The molecule has 0 unspecified atom stereocenters. The Kier molecular flexibility index (Phi) is 5.79. The fourth-order valence-corrected chi connectivity index (χ4v) is 6.06. The quantitative estimate of drug-likeness (QED) is 0.308. The van der Waals surface area contributed by atoms with Crippen LogP contribution in [0.15, 0.2) is 97.1 Å². The van der Waals surface area contributed by atoms with Crippen molar-refractivity contribution in [1.29, 1.82) is 0 Å². The standard InChI is InChI=1S/C32H31NO2/c34-31-15-7-6-14-30(31)32(28-12-4-2-10-26(28)27-11-3-5-13-29(27)32)24-16-18-25(19-17-24)35-23-22-33-20-8-1-9-21-33/h2-7,10-19,34H,1,8-9,20-23H2. The van der Waals surface area contributed by atoms with E-state index in [0.717, 1.165) is 23.4 Å². The van der Waals surface area contributed by atoms with Crippen molar-refractivity contribution in [2.75, 3.05) is 26.2 Å². The highest BCUT2D eigenvalue weighted by Gasteiger charge is 2.47. The summed E-state index contributed by atoms with van der Waals surface area (Å²) in [6.45, 7) is 4.05. The van der Waals surface area contributed by atoms with Gasteiger partial charge in [-0.15, -0.1) is 0 Å². The number of hydrogen-bond acceptors (Lipinski definition) is 3. The predicted octanol–water partition coefficient (Wildman–Crippen LogP) is 6.62. The van der Waals surface area contributed by atoms with Crippen molar-refractivity contribution >= 4 is 0 Å². The van der Waals surface area contributed by atoms with E-state index in [2.05, 4.69) is 83.8 Å². The molecule has 0 spiro atoms. The van der Waals surface area contributed by atoms with Crippen LogP contribution in [-0.4, -0.2) is 36.2 Å². The monoisotopic (exact) mass is 461 g/mol. The molecule has 176 valence electrons. The van der Waals surface area contributed by atoms with Crippen LogP contribution in [0.1, 0.15) is 41.5 Å². The first-order valence-electron chi connectivity index (χ1n) is 12.7. The smallest absolute Gasteiger partial charge is 0.120 e. The third-order valence-electron chi connectivity index (χ3n) is 7.67. The minimum Gasteiger partial charge on any atom is -0.508 e. The van der Waals surface area contributed by atoms with Gasteiger partial charge in [-0.3, -0.25) is 4.90 Å². The van der Waals surface area contributed by atoms with Gasteiger partial charge >= 0.3 is 0 Å². The molecule has 1 fully saturated rings. The van der Waals surface area contributed by atoms with Crippen molar-refractivity contribution < 1.29 is 9.84 Å². The Balaban J connectivity index is 1.41. The summed E-state index contributed by atoms with van der Waals surface area (Å²) in [5.41, 5.74) is 6.26. The van der Waals surface area contributed by atoms with Gasteiger partial charge in [0.15, 0.2) is 0 Å². The summed E-state index contributed by atoms with van der Waals surface area (Å²) in [5, 5.41) is 11.1. The molecule has 0 saturated carbocycles. The summed E-state index contributed by atoms with van der Waals surface area (Å²) < 4.78 is 6.14. The molecular formula is C32H31NO2. The first-order chi connectivity index (χ1) is 17.3. The molecule has 4 aromatic rings. The van der Waals surface area contributed by atoms with Gasteiger partial charge < -0.3 is 9.84 Å². The van der Waals surface area contributed by atoms with E-state index in [1.165, 1.54) is 54.6 Å². The molecule has 0 bridgehead atoms. The fraction of sp³-hybridized carbons (Fsp3) is 0.250. The Morgan fingerprint density at radius 1 is 0.657 bits per heavy atom. The number of aromatic hydroxyl groups is 1. The lowest BCUT2D eigenvalue weighted by molar-refractivity contribution is 0.183. The van der Waals surface area contributed by atoms with Crippen LogP contribution in [-0.2, 0) is 5.41 Å². The summed E-state index contributed by atoms with van der Waals surface area (Å²) >= 11 is 0. The maximum Gasteiger partial charge on any atom is 0.120 e. The van der Waals surface area contributed by atoms with Gasteiger partial charge in [-0.25, -0.2) is 0 Å². The predicted molar refractivity (Wildman–Crippen MR) is 141 cm³/mol. The molecule has 6 rings (SSSR count). The number of phenolic OH excluding ortho intramolecular Hbond substituents is 1. The van der Waals surface area contributed by atoms with Crippen molar-refractivity contribution in [3.8, 4) is 22.6 Å². The lowest BCUT2D eigenvalue weighted by Gasteiger charge is -2.34. The Bertz CT molecular complexity index is 1280. The number of para-hydroxylation sites is 1. The zero-order valence-corrected chi connectivity index (χ0v) is 20.0. The Hall–Kier alpha value is -3.56. The van der Waals surface area contributed by atoms with Crippen molar-refractivity contribution in [2.45, 2.75) is 24.7 Å². The Morgan fingerprint density at radius 3 is 1.86 bits per heavy atom. The van der Waals surface area contributed by atoms with E-state index in [1.54, 1.807) is 6.07 Å². The zero-order valence-electron chi connectivity index (χ0n) is 20.0. The van der Waals surface area contributed by atoms with Gasteiger partial charge in [0.25, 0.3) is 0 Å².